The van der Waals surface area contributed by atoms with E-state index in [1.165, 1.54) is 23.1 Å². The molecule has 1 atom stereocenters. The number of nitrogens with one attached hydrogen (secondary N) is 1. The molecule has 0 saturated carbocycles. The second-order valence-electron chi connectivity index (χ2n) is 3.69. The molecule has 18 heavy (non-hydrogen) atoms. The van der Waals surface area contributed by atoms with Crippen LogP contribution in [0, 0.1) is 6.92 Å². The number of amides is 1. The van der Waals surface area contributed by atoms with E-state index in [0.717, 1.165) is 9.90 Å². The van der Waals surface area contributed by atoms with E-state index in [2.05, 4.69) is 15.5 Å². The summed E-state index contributed by atoms with van der Waals surface area (Å²) in [6, 6.07) is 9.86. The van der Waals surface area contributed by atoms with Gasteiger partial charge in [-0.2, -0.15) is 0 Å². The van der Waals surface area contributed by atoms with Gasteiger partial charge in [-0.25, -0.2) is 0 Å². The predicted octanol–water partition coefficient (Wildman–Crippen LogP) is 2.97. The molecule has 1 aromatic heterocycles. The van der Waals surface area contributed by atoms with Crippen molar-refractivity contribution in [2.75, 3.05) is 5.32 Å². The zero-order valence-corrected chi connectivity index (χ0v) is 11.7. The van der Waals surface area contributed by atoms with Crippen LogP contribution in [0.4, 0.5) is 5.13 Å². The lowest BCUT2D eigenvalue weighted by Crippen LogP contribution is -2.22. The molecule has 1 amide bonds. The fourth-order valence-electron chi connectivity index (χ4n) is 1.31. The monoisotopic (exact) mass is 279 g/mol. The molecular weight excluding hydrogens is 266 g/mol. The maximum absolute atomic E-state index is 11.9. The Morgan fingerprint density at radius 2 is 2.06 bits per heavy atom. The summed E-state index contributed by atoms with van der Waals surface area (Å²) in [4.78, 5) is 13.0. The number of benzene rings is 1. The SMILES string of the molecule is Cc1nnc(NC(=O)[C@@H](C)Sc2ccccc2)s1. The minimum Gasteiger partial charge on any atom is -0.300 e. The van der Waals surface area contributed by atoms with Crippen molar-refractivity contribution in [3.05, 3.63) is 35.3 Å². The van der Waals surface area contributed by atoms with Crippen molar-refractivity contribution in [1.82, 2.24) is 10.2 Å². The van der Waals surface area contributed by atoms with Crippen molar-refractivity contribution in [1.29, 1.82) is 0 Å². The average Bonchev–Trinajstić information content (AvgIpc) is 2.76. The molecule has 1 aromatic carbocycles. The molecule has 0 fully saturated rings. The van der Waals surface area contributed by atoms with Gasteiger partial charge in [0.25, 0.3) is 0 Å². The second kappa shape index (κ2) is 5.97. The summed E-state index contributed by atoms with van der Waals surface area (Å²) < 4.78 is 0. The van der Waals surface area contributed by atoms with Crippen LogP contribution in [-0.2, 0) is 4.79 Å². The van der Waals surface area contributed by atoms with Gasteiger partial charge >= 0.3 is 0 Å². The minimum absolute atomic E-state index is 0.0556. The molecule has 0 aliphatic carbocycles. The first-order valence-corrected chi connectivity index (χ1v) is 7.17. The summed E-state index contributed by atoms with van der Waals surface area (Å²) in [5.74, 6) is -0.0556. The number of aryl methyl sites for hydroxylation is 1. The van der Waals surface area contributed by atoms with E-state index >= 15 is 0 Å². The number of hydrogen-bond donors (Lipinski definition) is 1. The van der Waals surface area contributed by atoms with Gasteiger partial charge in [0, 0.05) is 4.90 Å². The van der Waals surface area contributed by atoms with Crippen molar-refractivity contribution in [2.24, 2.45) is 0 Å². The summed E-state index contributed by atoms with van der Waals surface area (Å²) in [6.07, 6.45) is 0. The van der Waals surface area contributed by atoms with E-state index < -0.39 is 0 Å². The molecule has 2 rings (SSSR count). The van der Waals surface area contributed by atoms with Crippen LogP contribution in [0.5, 0.6) is 0 Å². The summed E-state index contributed by atoms with van der Waals surface area (Å²) >= 11 is 2.90. The number of hydrogen-bond acceptors (Lipinski definition) is 5. The largest absolute Gasteiger partial charge is 0.300 e. The van der Waals surface area contributed by atoms with Crippen LogP contribution >= 0.6 is 23.1 Å². The Morgan fingerprint density at radius 1 is 1.33 bits per heavy atom. The highest BCUT2D eigenvalue weighted by molar-refractivity contribution is 8.00. The Kier molecular flexibility index (Phi) is 4.33. The van der Waals surface area contributed by atoms with Crippen molar-refractivity contribution >= 4 is 34.1 Å². The standard InChI is InChI=1S/C12H13N3OS2/c1-8(17-10-6-4-3-5-7-10)11(16)13-12-15-14-9(2)18-12/h3-8H,1-2H3,(H,13,15,16)/t8-/m1/s1. The second-order valence-corrected chi connectivity index (χ2v) is 6.28. The zero-order chi connectivity index (χ0) is 13.0. The number of carbonyl (C=O) groups excluding carboxylic acids is 1. The van der Waals surface area contributed by atoms with E-state index in [-0.39, 0.29) is 11.2 Å². The maximum Gasteiger partial charge on any atom is 0.239 e. The van der Waals surface area contributed by atoms with Crippen LogP contribution in [0.15, 0.2) is 35.2 Å². The number of rotatable bonds is 4. The van der Waals surface area contributed by atoms with Crippen LogP contribution < -0.4 is 5.32 Å². The molecule has 0 bridgehead atoms. The van der Waals surface area contributed by atoms with Gasteiger partial charge < -0.3 is 0 Å². The highest BCUT2D eigenvalue weighted by atomic mass is 32.2. The quantitative estimate of drug-likeness (QED) is 0.874. The Hall–Kier alpha value is -1.40. The average molecular weight is 279 g/mol. The van der Waals surface area contributed by atoms with Crippen LogP contribution in [0.25, 0.3) is 0 Å². The van der Waals surface area contributed by atoms with Gasteiger partial charge in [0.05, 0.1) is 5.25 Å². The minimum atomic E-state index is -0.170. The first-order chi connectivity index (χ1) is 8.65. The lowest BCUT2D eigenvalue weighted by Gasteiger charge is -2.09. The van der Waals surface area contributed by atoms with E-state index in [9.17, 15) is 4.79 Å². The van der Waals surface area contributed by atoms with Crippen molar-refractivity contribution < 1.29 is 4.79 Å². The molecule has 1 N–H and O–H groups in total. The lowest BCUT2D eigenvalue weighted by atomic mass is 10.4. The summed E-state index contributed by atoms with van der Waals surface area (Å²) in [6.45, 7) is 3.73. The molecule has 0 aliphatic heterocycles. The summed E-state index contributed by atoms with van der Waals surface area (Å²) in [7, 11) is 0. The number of thioether (sulfide) groups is 1. The first kappa shape index (κ1) is 13.0. The Morgan fingerprint density at radius 3 is 2.67 bits per heavy atom. The van der Waals surface area contributed by atoms with Gasteiger partial charge in [0.2, 0.25) is 11.0 Å². The van der Waals surface area contributed by atoms with Crippen LogP contribution in [0.3, 0.4) is 0 Å². The molecule has 4 nitrogen and oxygen atoms in total. The molecule has 1 heterocycles. The Labute approximate surface area is 114 Å². The Balaban J connectivity index is 1.93. The van der Waals surface area contributed by atoms with Crippen LogP contribution in [0.1, 0.15) is 11.9 Å². The third kappa shape index (κ3) is 3.54. The maximum atomic E-state index is 11.9. The fourth-order valence-corrected chi connectivity index (χ4v) is 2.79. The number of carbonyl (C=O) groups is 1. The van der Waals surface area contributed by atoms with Gasteiger partial charge in [-0.05, 0) is 26.0 Å². The number of anilines is 1. The highest BCUT2D eigenvalue weighted by Crippen LogP contribution is 2.24. The molecule has 0 unspecified atom stereocenters. The Bertz CT molecular complexity index is 527. The molecule has 0 aliphatic rings. The summed E-state index contributed by atoms with van der Waals surface area (Å²) in [5.41, 5.74) is 0. The van der Waals surface area contributed by atoms with Gasteiger partial charge in [-0.1, -0.05) is 29.5 Å². The van der Waals surface area contributed by atoms with E-state index in [0.29, 0.717) is 5.13 Å². The molecule has 0 radical (unpaired) electrons. The zero-order valence-electron chi connectivity index (χ0n) is 10.1. The van der Waals surface area contributed by atoms with Gasteiger partial charge in [-0.3, -0.25) is 10.1 Å². The van der Waals surface area contributed by atoms with Crippen LogP contribution in [0.2, 0.25) is 0 Å². The third-order valence-electron chi connectivity index (χ3n) is 2.18. The predicted molar refractivity (Wildman–Crippen MR) is 75.0 cm³/mol. The number of nitrogens with zero attached hydrogens (tertiary/aromatic N) is 2. The van der Waals surface area contributed by atoms with Gasteiger partial charge in [0.1, 0.15) is 5.01 Å². The fraction of sp³-hybridized carbons (Fsp3) is 0.250. The molecule has 0 saturated heterocycles. The first-order valence-electron chi connectivity index (χ1n) is 5.48. The number of aromatic nitrogens is 2. The lowest BCUT2D eigenvalue weighted by molar-refractivity contribution is -0.115. The summed E-state index contributed by atoms with van der Waals surface area (Å²) in [5, 5.41) is 11.7. The van der Waals surface area contributed by atoms with Crippen LogP contribution in [-0.4, -0.2) is 21.4 Å². The molecular formula is C12H13N3OS2. The topological polar surface area (TPSA) is 54.9 Å². The van der Waals surface area contributed by atoms with E-state index in [4.69, 9.17) is 0 Å². The van der Waals surface area contributed by atoms with Gasteiger partial charge in [0.15, 0.2) is 0 Å². The molecule has 0 spiro atoms. The highest BCUT2D eigenvalue weighted by Gasteiger charge is 2.15. The normalized spacial score (nSPS) is 12.1. The van der Waals surface area contributed by atoms with Crippen molar-refractivity contribution in [3.63, 3.8) is 0 Å². The molecule has 6 heteroatoms. The third-order valence-corrected chi connectivity index (χ3v) is 4.05. The van der Waals surface area contributed by atoms with E-state index in [1.807, 2.05) is 44.2 Å². The molecule has 2 aromatic rings. The van der Waals surface area contributed by atoms with E-state index in [1.54, 1.807) is 0 Å². The molecule has 94 valence electrons. The van der Waals surface area contributed by atoms with Crippen molar-refractivity contribution in [2.45, 2.75) is 24.0 Å². The smallest absolute Gasteiger partial charge is 0.239 e. The van der Waals surface area contributed by atoms with Crippen molar-refractivity contribution in [3.8, 4) is 0 Å². The van der Waals surface area contributed by atoms with Gasteiger partial charge in [-0.15, -0.1) is 22.0 Å².